The van der Waals surface area contributed by atoms with Crippen LogP contribution in [-0.2, 0) is 4.79 Å². The van der Waals surface area contributed by atoms with Gasteiger partial charge in [-0.3, -0.25) is 9.59 Å². The molecule has 0 amide bonds. The lowest BCUT2D eigenvalue weighted by atomic mass is 9.67. The summed E-state index contributed by atoms with van der Waals surface area (Å²) in [6.07, 6.45) is 2.03. The molecular formula is C18H22O3S. The number of carbonyl (C=O) groups excluding carboxylic acids is 1. The number of thioether (sulfide) groups is 1. The monoisotopic (exact) mass is 318 g/mol. The van der Waals surface area contributed by atoms with Crippen LogP contribution in [-0.4, -0.2) is 22.1 Å². The van der Waals surface area contributed by atoms with Gasteiger partial charge >= 0.3 is 5.97 Å². The van der Waals surface area contributed by atoms with Gasteiger partial charge in [-0.05, 0) is 50.3 Å². The van der Waals surface area contributed by atoms with E-state index in [1.54, 1.807) is 18.7 Å². The van der Waals surface area contributed by atoms with E-state index in [1.807, 2.05) is 32.0 Å². The lowest BCUT2D eigenvalue weighted by Crippen LogP contribution is -2.45. The van der Waals surface area contributed by atoms with Crippen molar-refractivity contribution in [3.63, 3.8) is 0 Å². The van der Waals surface area contributed by atoms with Gasteiger partial charge in [0.15, 0.2) is 5.78 Å². The lowest BCUT2D eigenvalue weighted by Gasteiger charge is -2.43. The fraction of sp³-hybridized carbons (Fsp3) is 0.444. The number of carboxylic acid groups (broad SMARTS) is 1. The maximum Gasteiger partial charge on any atom is 0.309 e. The quantitative estimate of drug-likeness (QED) is 0.775. The smallest absolute Gasteiger partial charge is 0.309 e. The Bertz CT molecular complexity index is 627. The number of benzene rings is 1. The first kappa shape index (κ1) is 16.8. The molecule has 1 N–H and O–H groups in total. The molecule has 1 saturated carbocycles. The van der Waals surface area contributed by atoms with Gasteiger partial charge in [-0.25, -0.2) is 0 Å². The van der Waals surface area contributed by atoms with Gasteiger partial charge < -0.3 is 5.11 Å². The fourth-order valence-corrected chi connectivity index (χ4v) is 4.61. The number of hydrogen-bond donors (Lipinski definition) is 1. The van der Waals surface area contributed by atoms with E-state index in [0.29, 0.717) is 24.8 Å². The molecule has 0 unspecified atom stereocenters. The molecule has 1 fully saturated rings. The minimum absolute atomic E-state index is 0.0390. The van der Waals surface area contributed by atoms with Crippen LogP contribution < -0.4 is 0 Å². The first-order chi connectivity index (χ1) is 10.3. The van der Waals surface area contributed by atoms with Crippen LogP contribution in [0.2, 0.25) is 0 Å². The number of Topliss-reactive ketones (excluding diaryl/α,β-unsaturated/α-hetero) is 1. The van der Waals surface area contributed by atoms with Crippen LogP contribution in [0, 0.1) is 5.41 Å². The molecule has 2 rings (SSSR count). The van der Waals surface area contributed by atoms with Crippen molar-refractivity contribution < 1.29 is 14.7 Å². The van der Waals surface area contributed by atoms with Gasteiger partial charge in [0.05, 0.1) is 5.41 Å². The predicted molar refractivity (Wildman–Crippen MR) is 90.4 cm³/mol. The molecule has 0 aliphatic heterocycles. The van der Waals surface area contributed by atoms with Crippen molar-refractivity contribution in [2.75, 3.05) is 0 Å². The van der Waals surface area contributed by atoms with E-state index >= 15 is 0 Å². The summed E-state index contributed by atoms with van der Waals surface area (Å²) in [7, 11) is 0. The van der Waals surface area contributed by atoms with E-state index in [9.17, 15) is 14.7 Å². The number of ketones is 1. The summed E-state index contributed by atoms with van der Waals surface area (Å²) < 4.78 is 0. The number of rotatable bonds is 6. The molecular weight excluding hydrogens is 296 g/mol. The van der Waals surface area contributed by atoms with Crippen LogP contribution >= 0.6 is 11.8 Å². The Kier molecular flexibility index (Phi) is 4.81. The van der Waals surface area contributed by atoms with Crippen LogP contribution in [0.3, 0.4) is 0 Å². The molecule has 1 aromatic rings. The van der Waals surface area contributed by atoms with E-state index < -0.39 is 11.4 Å². The Morgan fingerprint density at radius 2 is 2.00 bits per heavy atom. The second-order valence-corrected chi connectivity index (χ2v) is 7.48. The summed E-state index contributed by atoms with van der Waals surface area (Å²) in [6, 6.07) is 5.67. The van der Waals surface area contributed by atoms with Gasteiger partial charge in [0.2, 0.25) is 0 Å². The van der Waals surface area contributed by atoms with Crippen LogP contribution in [0.15, 0.2) is 29.7 Å². The van der Waals surface area contributed by atoms with E-state index in [-0.39, 0.29) is 11.0 Å². The van der Waals surface area contributed by atoms with Gasteiger partial charge in [-0.1, -0.05) is 25.6 Å². The normalized spacial score (nSPS) is 23.7. The van der Waals surface area contributed by atoms with Crippen molar-refractivity contribution in [2.24, 2.45) is 5.41 Å². The van der Waals surface area contributed by atoms with Crippen LogP contribution in [0.25, 0.3) is 5.57 Å². The van der Waals surface area contributed by atoms with Crippen LogP contribution in [0.4, 0.5) is 0 Å². The molecule has 0 saturated heterocycles. The molecule has 0 heterocycles. The summed E-state index contributed by atoms with van der Waals surface area (Å²) in [4.78, 5) is 24.0. The third-order valence-electron chi connectivity index (χ3n) is 4.51. The molecule has 1 aliphatic carbocycles. The molecule has 118 valence electrons. The van der Waals surface area contributed by atoms with E-state index in [1.165, 1.54) is 0 Å². The highest BCUT2D eigenvalue weighted by atomic mass is 32.2. The third-order valence-corrected chi connectivity index (χ3v) is 5.77. The SMILES string of the molecule is C=C(C)c1ccc(C(C)=O)cc1SC1CC(CC)(C(=O)O)C1. The summed E-state index contributed by atoms with van der Waals surface area (Å²) in [5, 5.41) is 9.65. The second-order valence-electron chi connectivity index (χ2n) is 6.13. The maximum atomic E-state index is 11.6. The molecule has 0 aromatic heterocycles. The van der Waals surface area contributed by atoms with Crippen molar-refractivity contribution in [3.8, 4) is 0 Å². The highest BCUT2D eigenvalue weighted by Gasteiger charge is 2.49. The first-order valence-electron chi connectivity index (χ1n) is 7.50. The van der Waals surface area contributed by atoms with Crippen molar-refractivity contribution >= 4 is 29.1 Å². The number of carbonyl (C=O) groups is 2. The Morgan fingerprint density at radius 1 is 1.36 bits per heavy atom. The molecule has 4 heteroatoms. The topological polar surface area (TPSA) is 54.4 Å². The fourth-order valence-electron chi connectivity index (χ4n) is 2.88. The van der Waals surface area contributed by atoms with Crippen molar-refractivity contribution in [1.82, 2.24) is 0 Å². The number of hydrogen-bond acceptors (Lipinski definition) is 3. The molecule has 1 aromatic carbocycles. The molecule has 3 nitrogen and oxygen atoms in total. The minimum atomic E-state index is -0.690. The molecule has 1 aliphatic rings. The predicted octanol–water partition coefficient (Wildman–Crippen LogP) is 4.66. The van der Waals surface area contributed by atoms with Crippen molar-refractivity contribution in [1.29, 1.82) is 0 Å². The number of carboxylic acids is 1. The molecule has 0 atom stereocenters. The van der Waals surface area contributed by atoms with Crippen molar-refractivity contribution in [2.45, 2.75) is 50.2 Å². The summed E-state index contributed by atoms with van der Waals surface area (Å²) >= 11 is 1.68. The van der Waals surface area contributed by atoms with E-state index in [4.69, 9.17) is 0 Å². The van der Waals surface area contributed by atoms with Gasteiger partial charge in [0, 0.05) is 15.7 Å². The summed E-state index contributed by atoms with van der Waals surface area (Å²) in [5.41, 5.74) is 2.13. The zero-order valence-corrected chi connectivity index (χ0v) is 14.1. The highest BCUT2D eigenvalue weighted by molar-refractivity contribution is 8.00. The number of aliphatic carboxylic acids is 1. The Balaban J connectivity index is 2.19. The lowest BCUT2D eigenvalue weighted by molar-refractivity contribution is -0.154. The average molecular weight is 318 g/mol. The zero-order chi connectivity index (χ0) is 16.5. The van der Waals surface area contributed by atoms with Gasteiger partial charge in [0.25, 0.3) is 0 Å². The zero-order valence-electron chi connectivity index (χ0n) is 13.3. The molecule has 0 radical (unpaired) electrons. The summed E-state index contributed by atoms with van der Waals surface area (Å²) in [5.74, 6) is -0.651. The van der Waals surface area contributed by atoms with Crippen LogP contribution in [0.5, 0.6) is 0 Å². The van der Waals surface area contributed by atoms with Gasteiger partial charge in [0.1, 0.15) is 0 Å². The maximum absolute atomic E-state index is 11.6. The molecule has 0 bridgehead atoms. The van der Waals surface area contributed by atoms with E-state index in [2.05, 4.69) is 6.58 Å². The van der Waals surface area contributed by atoms with Gasteiger partial charge in [-0.2, -0.15) is 0 Å². The highest BCUT2D eigenvalue weighted by Crippen LogP contribution is 2.52. The first-order valence-corrected chi connectivity index (χ1v) is 8.38. The Morgan fingerprint density at radius 3 is 2.45 bits per heavy atom. The Hall–Kier alpha value is -1.55. The third kappa shape index (κ3) is 3.12. The van der Waals surface area contributed by atoms with Gasteiger partial charge in [-0.15, -0.1) is 11.8 Å². The van der Waals surface area contributed by atoms with Crippen molar-refractivity contribution in [3.05, 3.63) is 35.9 Å². The van der Waals surface area contributed by atoms with Crippen LogP contribution in [0.1, 0.15) is 56.0 Å². The van der Waals surface area contributed by atoms with E-state index in [0.717, 1.165) is 16.0 Å². The summed E-state index contributed by atoms with van der Waals surface area (Å²) in [6.45, 7) is 9.43. The second kappa shape index (κ2) is 6.29. The largest absolute Gasteiger partial charge is 0.481 e. The molecule has 0 spiro atoms. The molecule has 22 heavy (non-hydrogen) atoms. The number of allylic oxidation sites excluding steroid dienone is 1. The average Bonchev–Trinajstić information content (AvgIpc) is 2.41. The Labute approximate surface area is 135 Å². The standard InChI is InChI=1S/C18H22O3S/c1-5-18(17(20)21)9-14(10-18)22-16-8-13(12(4)19)6-7-15(16)11(2)3/h6-8,14H,2,5,9-10H2,1,3-4H3,(H,20,21). The minimum Gasteiger partial charge on any atom is -0.481 e.